The molecule has 0 fully saturated rings. The summed E-state index contributed by atoms with van der Waals surface area (Å²) in [6.07, 6.45) is 5.40. The van der Waals surface area contributed by atoms with Crippen LogP contribution in [0.4, 0.5) is 0 Å². The second kappa shape index (κ2) is 6.48. The van der Waals surface area contributed by atoms with E-state index in [0.29, 0.717) is 30.9 Å². The van der Waals surface area contributed by atoms with Crippen molar-refractivity contribution in [1.82, 2.24) is 24.8 Å². The molecular formula is C19H17N5O3. The number of nitrogens with one attached hydrogen (secondary N) is 1. The van der Waals surface area contributed by atoms with Crippen molar-refractivity contribution in [3.8, 4) is 22.9 Å². The second-order valence-electron chi connectivity index (χ2n) is 6.58. The summed E-state index contributed by atoms with van der Waals surface area (Å²) in [5.74, 6) is 2.09. The summed E-state index contributed by atoms with van der Waals surface area (Å²) in [7, 11) is 0. The molecule has 136 valence electrons. The van der Waals surface area contributed by atoms with Crippen LogP contribution in [0.2, 0.25) is 0 Å². The van der Waals surface area contributed by atoms with Crippen LogP contribution in [-0.2, 0) is 19.5 Å². The molecule has 2 aliphatic rings. The quantitative estimate of drug-likeness (QED) is 0.754. The minimum atomic E-state index is -0.0872. The zero-order valence-corrected chi connectivity index (χ0v) is 14.5. The van der Waals surface area contributed by atoms with Gasteiger partial charge < -0.3 is 14.5 Å². The lowest BCUT2D eigenvalue weighted by Gasteiger charge is -2.28. The summed E-state index contributed by atoms with van der Waals surface area (Å²) in [6, 6.07) is 5.92. The van der Waals surface area contributed by atoms with Crippen molar-refractivity contribution < 1.29 is 9.47 Å². The van der Waals surface area contributed by atoms with Gasteiger partial charge in [0.15, 0.2) is 11.5 Å². The average molecular weight is 363 g/mol. The Morgan fingerprint density at radius 3 is 2.96 bits per heavy atom. The van der Waals surface area contributed by atoms with Crippen LogP contribution >= 0.6 is 0 Å². The van der Waals surface area contributed by atoms with Crippen LogP contribution < -0.4 is 15.0 Å². The van der Waals surface area contributed by atoms with Crippen molar-refractivity contribution in [2.24, 2.45) is 0 Å². The van der Waals surface area contributed by atoms with E-state index in [1.54, 1.807) is 12.4 Å². The first-order valence-corrected chi connectivity index (χ1v) is 8.75. The lowest BCUT2D eigenvalue weighted by atomic mass is 10.0. The van der Waals surface area contributed by atoms with E-state index in [9.17, 15) is 4.79 Å². The highest BCUT2D eigenvalue weighted by Gasteiger charge is 2.24. The Morgan fingerprint density at radius 2 is 2.07 bits per heavy atom. The van der Waals surface area contributed by atoms with Gasteiger partial charge in [-0.25, -0.2) is 15.0 Å². The molecule has 0 spiro atoms. The van der Waals surface area contributed by atoms with Crippen LogP contribution in [-0.4, -0.2) is 38.2 Å². The van der Waals surface area contributed by atoms with E-state index in [1.165, 1.54) is 6.33 Å². The smallest absolute Gasteiger partial charge is 0.254 e. The van der Waals surface area contributed by atoms with Crippen molar-refractivity contribution in [2.75, 3.05) is 13.3 Å². The maximum atomic E-state index is 12.5. The summed E-state index contributed by atoms with van der Waals surface area (Å²) >= 11 is 0. The Morgan fingerprint density at radius 1 is 1.19 bits per heavy atom. The predicted molar refractivity (Wildman–Crippen MR) is 96.3 cm³/mol. The van der Waals surface area contributed by atoms with Gasteiger partial charge in [0.05, 0.1) is 11.3 Å². The van der Waals surface area contributed by atoms with Crippen LogP contribution in [0, 0.1) is 0 Å². The molecule has 0 saturated carbocycles. The molecular weight excluding hydrogens is 346 g/mol. The molecule has 3 aromatic rings. The molecule has 2 aromatic heterocycles. The fraction of sp³-hybridized carbons (Fsp3) is 0.263. The Hall–Kier alpha value is -3.26. The van der Waals surface area contributed by atoms with Gasteiger partial charge in [0.1, 0.15) is 12.2 Å². The molecule has 1 N–H and O–H groups in total. The molecule has 2 aliphatic heterocycles. The molecule has 0 amide bonds. The van der Waals surface area contributed by atoms with E-state index in [4.69, 9.17) is 9.47 Å². The largest absolute Gasteiger partial charge is 0.454 e. The van der Waals surface area contributed by atoms with Crippen molar-refractivity contribution in [1.29, 1.82) is 0 Å². The lowest BCUT2D eigenvalue weighted by molar-refractivity contribution is 0.171. The molecule has 0 radical (unpaired) electrons. The maximum Gasteiger partial charge on any atom is 0.254 e. The Bertz CT molecular complexity index is 1050. The summed E-state index contributed by atoms with van der Waals surface area (Å²) in [6.45, 7) is 2.36. The molecule has 0 saturated heterocycles. The van der Waals surface area contributed by atoms with Gasteiger partial charge in [-0.15, -0.1) is 0 Å². The van der Waals surface area contributed by atoms with Crippen molar-refractivity contribution in [2.45, 2.75) is 19.5 Å². The zero-order chi connectivity index (χ0) is 18.2. The fourth-order valence-corrected chi connectivity index (χ4v) is 3.54. The first kappa shape index (κ1) is 16.0. The van der Waals surface area contributed by atoms with Gasteiger partial charge in [0.25, 0.3) is 5.56 Å². The monoisotopic (exact) mass is 363 g/mol. The molecule has 0 atom stereocenters. The lowest BCUT2D eigenvalue weighted by Crippen LogP contribution is -2.35. The zero-order valence-electron chi connectivity index (χ0n) is 14.5. The maximum absolute atomic E-state index is 12.5. The number of fused-ring (bicyclic) bond motifs is 2. The van der Waals surface area contributed by atoms with Gasteiger partial charge in [0, 0.05) is 43.2 Å². The minimum absolute atomic E-state index is 0.0872. The van der Waals surface area contributed by atoms with Crippen LogP contribution in [0.3, 0.4) is 0 Å². The molecule has 0 aliphatic carbocycles. The third-order valence-electron chi connectivity index (χ3n) is 4.86. The molecule has 8 heteroatoms. The van der Waals surface area contributed by atoms with Crippen molar-refractivity contribution >= 4 is 0 Å². The number of aromatic amines is 1. The van der Waals surface area contributed by atoms with E-state index in [0.717, 1.165) is 34.9 Å². The molecule has 0 bridgehead atoms. The summed E-state index contributed by atoms with van der Waals surface area (Å²) in [5, 5.41) is 0. The van der Waals surface area contributed by atoms with Gasteiger partial charge in [-0.1, -0.05) is 12.1 Å². The Balaban J connectivity index is 1.43. The number of benzene rings is 1. The number of ether oxygens (including phenoxy) is 2. The number of para-hydroxylation sites is 1. The highest BCUT2D eigenvalue weighted by atomic mass is 16.7. The number of hydrogen-bond donors (Lipinski definition) is 1. The second-order valence-corrected chi connectivity index (χ2v) is 6.58. The summed E-state index contributed by atoms with van der Waals surface area (Å²) in [4.78, 5) is 30.3. The molecule has 5 rings (SSSR count). The summed E-state index contributed by atoms with van der Waals surface area (Å²) < 4.78 is 11.1. The van der Waals surface area contributed by atoms with E-state index < -0.39 is 0 Å². The van der Waals surface area contributed by atoms with E-state index in [-0.39, 0.29) is 12.4 Å². The molecule has 0 unspecified atom stereocenters. The number of nitrogens with zero attached hydrogens (tertiary/aromatic N) is 4. The average Bonchev–Trinajstić information content (AvgIpc) is 3.18. The molecule has 1 aromatic carbocycles. The van der Waals surface area contributed by atoms with Gasteiger partial charge in [-0.2, -0.15) is 0 Å². The first-order valence-electron chi connectivity index (χ1n) is 8.75. The Kier molecular flexibility index (Phi) is 3.83. The van der Waals surface area contributed by atoms with Crippen molar-refractivity contribution in [3.63, 3.8) is 0 Å². The molecule has 27 heavy (non-hydrogen) atoms. The van der Waals surface area contributed by atoms with Crippen LogP contribution in [0.15, 0.2) is 41.7 Å². The van der Waals surface area contributed by atoms with Gasteiger partial charge in [-0.05, 0) is 12.5 Å². The number of H-pyrrole nitrogens is 1. The van der Waals surface area contributed by atoms with E-state index >= 15 is 0 Å². The first-order chi connectivity index (χ1) is 13.3. The number of aromatic nitrogens is 4. The topological polar surface area (TPSA) is 93.2 Å². The third kappa shape index (κ3) is 2.93. The highest BCUT2D eigenvalue weighted by molar-refractivity contribution is 5.52. The minimum Gasteiger partial charge on any atom is -0.454 e. The highest BCUT2D eigenvalue weighted by Crippen LogP contribution is 2.36. The number of hydrogen-bond acceptors (Lipinski definition) is 7. The number of rotatable bonds is 3. The van der Waals surface area contributed by atoms with E-state index in [2.05, 4.69) is 24.8 Å². The van der Waals surface area contributed by atoms with Crippen LogP contribution in [0.5, 0.6) is 11.5 Å². The van der Waals surface area contributed by atoms with Crippen molar-refractivity contribution in [3.05, 3.63) is 64.1 Å². The predicted octanol–water partition coefficient (Wildman–Crippen LogP) is 1.51. The van der Waals surface area contributed by atoms with Gasteiger partial charge in [-0.3, -0.25) is 9.69 Å². The Labute approximate surface area is 154 Å². The SMILES string of the molecule is O=c1[nH]c(-c2cncnc2)nc2c1CCN(Cc1cccc3c1OCO3)C2. The molecule has 4 heterocycles. The van der Waals surface area contributed by atoms with Gasteiger partial charge >= 0.3 is 0 Å². The van der Waals surface area contributed by atoms with Gasteiger partial charge in [0.2, 0.25) is 6.79 Å². The summed E-state index contributed by atoms with van der Waals surface area (Å²) in [5.41, 5.74) is 3.24. The fourth-order valence-electron chi connectivity index (χ4n) is 3.54. The molecule has 8 nitrogen and oxygen atoms in total. The van der Waals surface area contributed by atoms with Crippen LogP contribution in [0.25, 0.3) is 11.4 Å². The van der Waals surface area contributed by atoms with Crippen LogP contribution in [0.1, 0.15) is 16.8 Å². The van der Waals surface area contributed by atoms with E-state index in [1.807, 2.05) is 18.2 Å². The standard InChI is InChI=1S/C19H17N5O3/c25-19-14-4-5-24(8-12-2-1-3-16-17(12)27-11-26-16)9-15(14)22-18(23-19)13-6-20-10-21-7-13/h1-3,6-7,10H,4-5,8-9,11H2,(H,22,23,25). The third-order valence-corrected chi connectivity index (χ3v) is 4.86. The normalized spacial score (nSPS) is 15.6.